The van der Waals surface area contributed by atoms with Crippen LogP contribution < -0.4 is 0 Å². The first-order valence-electron chi connectivity index (χ1n) is 6.59. The molecule has 0 saturated carbocycles. The molecule has 0 aromatic rings. The lowest BCUT2D eigenvalue weighted by Gasteiger charge is -2.21. The lowest BCUT2D eigenvalue weighted by Crippen LogP contribution is -2.14. The maximum atomic E-state index is 5.63. The molecule has 8 heteroatoms. The van der Waals surface area contributed by atoms with E-state index in [0.29, 0.717) is 33.0 Å². The third kappa shape index (κ3) is 11.0. The van der Waals surface area contributed by atoms with Gasteiger partial charge in [-0.1, -0.05) is 0 Å². The van der Waals surface area contributed by atoms with E-state index in [1.807, 2.05) is 34.6 Å². The van der Waals surface area contributed by atoms with Crippen molar-refractivity contribution in [1.82, 2.24) is 0 Å². The molecule has 1 atom stereocenters. The maximum absolute atomic E-state index is 5.63. The van der Waals surface area contributed by atoms with Gasteiger partial charge in [0.05, 0.1) is 39.1 Å². The molecule has 0 aromatic carbocycles. The molecule has 0 aliphatic rings. The topological polar surface area (TPSA) is 55.4 Å². The van der Waals surface area contributed by atoms with E-state index in [1.165, 1.54) is 0 Å². The quantitative estimate of drug-likeness (QED) is 0.479. The minimum Gasteiger partial charge on any atom is -0.313 e. The Hall–Kier alpha value is 0.620. The van der Waals surface area contributed by atoms with Crippen molar-refractivity contribution in [2.24, 2.45) is 0 Å². The van der Waals surface area contributed by atoms with E-state index in [4.69, 9.17) is 27.1 Å². The molecule has 0 amide bonds. The van der Waals surface area contributed by atoms with Gasteiger partial charge in [0.2, 0.25) is 0 Å². The van der Waals surface area contributed by atoms with Gasteiger partial charge < -0.3 is 27.1 Å². The number of rotatable bonds is 13. The van der Waals surface area contributed by atoms with Crippen LogP contribution in [-0.2, 0) is 27.1 Å². The average Bonchev–Trinajstić information content (AvgIpc) is 2.37. The molecule has 0 rings (SSSR count). The molecule has 0 fully saturated rings. The third-order valence-electron chi connectivity index (χ3n) is 1.62. The van der Waals surface area contributed by atoms with E-state index < -0.39 is 17.2 Å². The summed E-state index contributed by atoms with van der Waals surface area (Å²) in [7, 11) is -2.59. The van der Waals surface area contributed by atoms with E-state index in [0.717, 1.165) is 0 Å². The number of hydrogen-bond acceptors (Lipinski definition) is 6. The summed E-state index contributed by atoms with van der Waals surface area (Å²) in [6.45, 7) is 12.1. The Balaban J connectivity index is 3.94. The first kappa shape index (κ1) is 19.6. The van der Waals surface area contributed by atoms with Gasteiger partial charge in [-0.25, -0.2) is 0 Å². The van der Waals surface area contributed by atoms with Crippen LogP contribution in [0.2, 0.25) is 0 Å². The summed E-state index contributed by atoms with van der Waals surface area (Å²) in [5.41, 5.74) is 0. The normalized spacial score (nSPS) is 13.4. The van der Waals surface area contributed by atoms with E-state index >= 15 is 0 Å². The predicted octanol–water partition coefficient (Wildman–Crippen LogP) is 4.01. The van der Waals surface area contributed by atoms with Crippen LogP contribution in [0.15, 0.2) is 0 Å². The molecule has 0 radical (unpaired) electrons. The van der Waals surface area contributed by atoms with Gasteiger partial charge in [-0.2, -0.15) is 0 Å². The second-order valence-corrected chi connectivity index (χ2v) is 5.73. The van der Waals surface area contributed by atoms with Gasteiger partial charge in [-0.05, 0) is 34.6 Å². The van der Waals surface area contributed by atoms with Crippen molar-refractivity contribution in [2.75, 3.05) is 33.0 Å². The van der Waals surface area contributed by atoms with Crippen molar-refractivity contribution in [3.63, 3.8) is 0 Å². The molecule has 0 bridgehead atoms. The van der Waals surface area contributed by atoms with Crippen LogP contribution in [0.25, 0.3) is 0 Å². The minimum absolute atomic E-state index is 0.143. The first-order chi connectivity index (χ1) is 9.17. The van der Waals surface area contributed by atoms with E-state index in [-0.39, 0.29) is 6.10 Å². The molecule has 0 spiro atoms. The first-order valence-corrected chi connectivity index (χ1v) is 8.78. The summed E-state index contributed by atoms with van der Waals surface area (Å²) in [6, 6.07) is 0. The van der Waals surface area contributed by atoms with Crippen molar-refractivity contribution in [2.45, 2.75) is 40.7 Å². The zero-order valence-corrected chi connectivity index (χ0v) is 14.2. The van der Waals surface area contributed by atoms with Gasteiger partial charge in [0.1, 0.15) is 0 Å². The fourth-order valence-corrected chi connectivity index (χ4v) is 2.92. The van der Waals surface area contributed by atoms with Crippen LogP contribution in [-0.4, -0.2) is 39.1 Å². The standard InChI is InChI=1S/C11H26O6P2/c1-6-12-18(13-7-2)16-10-11(5)17-19(14-8-3)15-9-4/h11H,6-10H2,1-5H3. The van der Waals surface area contributed by atoms with Gasteiger partial charge in [-0.15, -0.1) is 0 Å². The van der Waals surface area contributed by atoms with Crippen LogP contribution in [0.3, 0.4) is 0 Å². The molecule has 6 nitrogen and oxygen atoms in total. The summed E-state index contributed by atoms with van der Waals surface area (Å²) in [5.74, 6) is 0. The molecule has 19 heavy (non-hydrogen) atoms. The highest BCUT2D eigenvalue weighted by Gasteiger charge is 2.18. The summed E-state index contributed by atoms with van der Waals surface area (Å²) in [4.78, 5) is 0. The van der Waals surface area contributed by atoms with Gasteiger partial charge in [0.25, 0.3) is 0 Å². The maximum Gasteiger partial charge on any atom is 0.332 e. The summed E-state index contributed by atoms with van der Waals surface area (Å²) in [6.07, 6.45) is -0.143. The van der Waals surface area contributed by atoms with Crippen LogP contribution >= 0.6 is 17.2 Å². The second kappa shape index (κ2) is 13.6. The highest BCUT2D eigenvalue weighted by molar-refractivity contribution is 7.42. The molecule has 0 aliphatic heterocycles. The minimum atomic E-state index is -1.30. The van der Waals surface area contributed by atoms with E-state index in [2.05, 4.69) is 0 Å². The molecular weight excluding hydrogens is 290 g/mol. The lowest BCUT2D eigenvalue weighted by molar-refractivity contribution is 0.0818. The van der Waals surface area contributed by atoms with E-state index in [9.17, 15) is 0 Å². The van der Waals surface area contributed by atoms with Crippen molar-refractivity contribution in [3.05, 3.63) is 0 Å². The lowest BCUT2D eigenvalue weighted by atomic mass is 10.5. The Kier molecular flexibility index (Phi) is 14.0. The van der Waals surface area contributed by atoms with Crippen molar-refractivity contribution >= 4 is 17.2 Å². The Labute approximate surface area is 119 Å². The molecule has 116 valence electrons. The Bertz CT molecular complexity index is 186. The Morgan fingerprint density at radius 2 is 1.11 bits per heavy atom. The van der Waals surface area contributed by atoms with Crippen LogP contribution in [0, 0.1) is 0 Å². The fraction of sp³-hybridized carbons (Fsp3) is 1.00. The van der Waals surface area contributed by atoms with Gasteiger partial charge in [-0.3, -0.25) is 0 Å². The van der Waals surface area contributed by atoms with Crippen LogP contribution in [0.1, 0.15) is 34.6 Å². The second-order valence-electron chi connectivity index (χ2n) is 3.33. The molecule has 0 N–H and O–H groups in total. The van der Waals surface area contributed by atoms with Crippen molar-refractivity contribution < 1.29 is 27.1 Å². The largest absolute Gasteiger partial charge is 0.332 e. The Morgan fingerprint density at radius 1 is 0.684 bits per heavy atom. The highest BCUT2D eigenvalue weighted by Crippen LogP contribution is 2.43. The van der Waals surface area contributed by atoms with Crippen molar-refractivity contribution in [1.29, 1.82) is 0 Å². The van der Waals surface area contributed by atoms with E-state index in [1.54, 1.807) is 0 Å². The third-order valence-corrected chi connectivity index (χ3v) is 4.39. The summed E-state index contributed by atoms with van der Waals surface area (Å²) >= 11 is 0. The van der Waals surface area contributed by atoms with Gasteiger partial charge in [0, 0.05) is 0 Å². The molecule has 0 aromatic heterocycles. The molecular formula is C11H26O6P2. The van der Waals surface area contributed by atoms with Gasteiger partial charge in [0.15, 0.2) is 0 Å². The fourth-order valence-electron chi connectivity index (χ4n) is 0.975. The average molecular weight is 316 g/mol. The Morgan fingerprint density at radius 3 is 1.53 bits per heavy atom. The SMILES string of the molecule is CCOP(OCC)OCC(C)OP(OCC)OCC. The highest BCUT2D eigenvalue weighted by atomic mass is 31.2. The van der Waals surface area contributed by atoms with Crippen LogP contribution in [0.4, 0.5) is 0 Å². The summed E-state index contributed by atoms with van der Waals surface area (Å²) < 4.78 is 32.6. The zero-order chi connectivity index (χ0) is 14.5. The molecule has 0 heterocycles. The molecule has 0 aliphatic carbocycles. The molecule has 1 unspecified atom stereocenters. The van der Waals surface area contributed by atoms with Crippen LogP contribution in [0.5, 0.6) is 0 Å². The number of hydrogen-bond donors (Lipinski definition) is 0. The van der Waals surface area contributed by atoms with Gasteiger partial charge >= 0.3 is 17.2 Å². The molecule has 0 saturated heterocycles. The predicted molar refractivity (Wildman–Crippen MR) is 76.8 cm³/mol. The van der Waals surface area contributed by atoms with Crippen molar-refractivity contribution in [3.8, 4) is 0 Å². The zero-order valence-electron chi connectivity index (χ0n) is 12.5. The smallest absolute Gasteiger partial charge is 0.313 e. The monoisotopic (exact) mass is 316 g/mol. The summed E-state index contributed by atoms with van der Waals surface area (Å²) in [5, 5.41) is 0.